The monoisotopic (exact) mass is 286 g/mol. The molecule has 1 aromatic heterocycles. The molecule has 2 nitrogen and oxygen atoms in total. The molecule has 0 radical (unpaired) electrons. The van der Waals surface area contributed by atoms with E-state index in [9.17, 15) is 13.2 Å². The maximum Gasteiger partial charge on any atom is 0.416 e. The topological polar surface area (TPSA) is 25.8 Å². The Balaban J connectivity index is 2.46. The van der Waals surface area contributed by atoms with Crippen molar-refractivity contribution in [1.29, 1.82) is 0 Å². The van der Waals surface area contributed by atoms with Gasteiger partial charge in [-0.15, -0.1) is 0 Å². The summed E-state index contributed by atoms with van der Waals surface area (Å²) in [5.41, 5.74) is 1.20. The van der Waals surface area contributed by atoms with Crippen LogP contribution in [0.25, 0.3) is 11.3 Å². The molecule has 0 amide bonds. The summed E-state index contributed by atoms with van der Waals surface area (Å²) < 4.78 is 37.5. The van der Waals surface area contributed by atoms with Crippen molar-refractivity contribution in [2.24, 2.45) is 0 Å². The summed E-state index contributed by atoms with van der Waals surface area (Å²) in [5.74, 6) is 0. The molecule has 0 spiro atoms. The summed E-state index contributed by atoms with van der Waals surface area (Å²) >= 11 is 5.95. The molecule has 1 aromatic carbocycles. The van der Waals surface area contributed by atoms with Gasteiger partial charge in [-0.25, -0.2) is 9.97 Å². The number of nitrogens with zero attached hydrogens (tertiary/aromatic N) is 2. The van der Waals surface area contributed by atoms with Crippen LogP contribution in [0.3, 0.4) is 0 Å². The van der Waals surface area contributed by atoms with Gasteiger partial charge in [0.05, 0.1) is 11.3 Å². The van der Waals surface area contributed by atoms with E-state index in [2.05, 4.69) is 9.97 Å². The Kier molecular flexibility index (Phi) is 3.75. The number of aromatic nitrogens is 2. The van der Waals surface area contributed by atoms with E-state index in [-0.39, 0.29) is 0 Å². The van der Waals surface area contributed by atoms with Crippen LogP contribution in [0.1, 0.15) is 18.1 Å². The lowest BCUT2D eigenvalue weighted by Gasteiger charge is -2.10. The Morgan fingerprint density at radius 1 is 1.11 bits per heavy atom. The van der Waals surface area contributed by atoms with E-state index in [1.807, 2.05) is 6.92 Å². The summed E-state index contributed by atoms with van der Waals surface area (Å²) in [6, 6.07) is 4.84. The first-order valence-corrected chi connectivity index (χ1v) is 5.98. The van der Waals surface area contributed by atoms with Crippen molar-refractivity contribution >= 4 is 11.6 Å². The maximum atomic E-state index is 12.5. The molecule has 0 aliphatic rings. The second-order valence-corrected chi connectivity index (χ2v) is 4.28. The van der Waals surface area contributed by atoms with Crippen molar-refractivity contribution in [3.8, 4) is 11.3 Å². The average Bonchev–Trinajstić information content (AvgIpc) is 2.37. The molecule has 19 heavy (non-hydrogen) atoms. The normalized spacial score (nSPS) is 11.6. The number of hydrogen-bond donors (Lipinski definition) is 0. The predicted molar refractivity (Wildman–Crippen MR) is 66.9 cm³/mol. The molecule has 0 aliphatic carbocycles. The largest absolute Gasteiger partial charge is 0.416 e. The van der Waals surface area contributed by atoms with Crippen LogP contribution in [-0.2, 0) is 12.6 Å². The van der Waals surface area contributed by atoms with E-state index in [0.717, 1.165) is 17.7 Å². The van der Waals surface area contributed by atoms with Gasteiger partial charge in [-0.3, -0.25) is 0 Å². The van der Waals surface area contributed by atoms with Crippen LogP contribution in [0.5, 0.6) is 0 Å². The molecule has 6 heteroatoms. The quantitative estimate of drug-likeness (QED) is 0.766. The Morgan fingerprint density at radius 2 is 1.74 bits per heavy atom. The molecule has 0 unspecified atom stereocenters. The molecule has 0 saturated carbocycles. The van der Waals surface area contributed by atoms with Crippen molar-refractivity contribution < 1.29 is 13.2 Å². The number of halogens is 4. The average molecular weight is 287 g/mol. The van der Waals surface area contributed by atoms with Gasteiger partial charge in [0, 0.05) is 11.1 Å². The highest BCUT2D eigenvalue weighted by Gasteiger charge is 2.30. The summed E-state index contributed by atoms with van der Waals surface area (Å²) in [7, 11) is 0. The van der Waals surface area contributed by atoms with Gasteiger partial charge < -0.3 is 0 Å². The first kappa shape index (κ1) is 13.8. The smallest absolute Gasteiger partial charge is 0.236 e. The lowest BCUT2D eigenvalue weighted by atomic mass is 10.0. The number of hydrogen-bond acceptors (Lipinski definition) is 2. The van der Waals surface area contributed by atoms with Gasteiger partial charge in [0.2, 0.25) is 0 Å². The molecule has 0 aliphatic heterocycles. The minimum absolute atomic E-state index is 0.326. The van der Waals surface area contributed by atoms with Crippen LogP contribution >= 0.6 is 11.6 Å². The zero-order chi connectivity index (χ0) is 14.0. The molecule has 0 fully saturated rings. The number of alkyl halides is 3. The fourth-order valence-electron chi connectivity index (χ4n) is 1.77. The summed E-state index contributed by atoms with van der Waals surface area (Å²) in [6.45, 7) is 1.89. The second-order valence-electron chi connectivity index (χ2n) is 3.92. The summed E-state index contributed by atoms with van der Waals surface area (Å²) in [4.78, 5) is 7.96. The van der Waals surface area contributed by atoms with Gasteiger partial charge in [-0.05, 0) is 18.6 Å². The zero-order valence-electron chi connectivity index (χ0n) is 10.0. The van der Waals surface area contributed by atoms with Crippen molar-refractivity contribution in [3.63, 3.8) is 0 Å². The Bertz CT molecular complexity index is 579. The fraction of sp³-hybridized carbons (Fsp3) is 0.231. The van der Waals surface area contributed by atoms with E-state index >= 15 is 0 Å². The fourth-order valence-corrected chi connectivity index (χ4v) is 2.04. The van der Waals surface area contributed by atoms with E-state index in [4.69, 9.17) is 11.6 Å². The molecular formula is C13H10ClF3N2. The Labute approximate surface area is 113 Å². The summed E-state index contributed by atoms with van der Waals surface area (Å²) in [6.07, 6.45) is -2.43. The molecule has 0 bridgehead atoms. The highest BCUT2D eigenvalue weighted by atomic mass is 35.5. The van der Waals surface area contributed by atoms with Crippen LogP contribution in [0.15, 0.2) is 30.6 Å². The molecular weight excluding hydrogens is 277 g/mol. The molecule has 100 valence electrons. The van der Waals surface area contributed by atoms with E-state index in [1.54, 1.807) is 0 Å². The van der Waals surface area contributed by atoms with Crippen molar-refractivity contribution in [2.75, 3.05) is 0 Å². The van der Waals surface area contributed by atoms with Crippen molar-refractivity contribution in [1.82, 2.24) is 9.97 Å². The SMILES string of the molecule is CCc1c(Cl)ncnc1-c1ccc(C(F)(F)F)cc1. The highest BCUT2D eigenvalue weighted by molar-refractivity contribution is 6.30. The van der Waals surface area contributed by atoms with Gasteiger partial charge in [0.25, 0.3) is 0 Å². The van der Waals surface area contributed by atoms with Gasteiger partial charge >= 0.3 is 6.18 Å². The molecule has 2 rings (SSSR count). The van der Waals surface area contributed by atoms with Crippen molar-refractivity contribution in [2.45, 2.75) is 19.5 Å². The molecule has 0 N–H and O–H groups in total. The van der Waals surface area contributed by atoms with Gasteiger partial charge in [0.1, 0.15) is 11.5 Å². The third kappa shape index (κ3) is 2.87. The van der Waals surface area contributed by atoms with Crippen LogP contribution in [0.4, 0.5) is 13.2 Å². The van der Waals surface area contributed by atoms with Gasteiger partial charge in [-0.1, -0.05) is 30.7 Å². The minimum Gasteiger partial charge on any atom is -0.236 e. The Morgan fingerprint density at radius 3 is 2.26 bits per heavy atom. The van der Waals surface area contributed by atoms with Crippen LogP contribution < -0.4 is 0 Å². The van der Waals surface area contributed by atoms with Gasteiger partial charge in [-0.2, -0.15) is 13.2 Å². The first-order chi connectivity index (χ1) is 8.93. The first-order valence-electron chi connectivity index (χ1n) is 5.60. The second kappa shape index (κ2) is 5.17. The van der Waals surface area contributed by atoms with E-state index in [1.165, 1.54) is 18.5 Å². The van der Waals surface area contributed by atoms with Crippen LogP contribution in [0.2, 0.25) is 5.15 Å². The minimum atomic E-state index is -4.34. The number of benzene rings is 1. The van der Waals surface area contributed by atoms with Crippen LogP contribution in [0, 0.1) is 0 Å². The molecule has 2 aromatic rings. The van der Waals surface area contributed by atoms with Gasteiger partial charge in [0.15, 0.2) is 0 Å². The van der Waals surface area contributed by atoms with Crippen LogP contribution in [-0.4, -0.2) is 9.97 Å². The van der Waals surface area contributed by atoms with E-state index < -0.39 is 11.7 Å². The summed E-state index contributed by atoms with van der Waals surface area (Å²) in [5, 5.41) is 0.326. The van der Waals surface area contributed by atoms with E-state index in [0.29, 0.717) is 22.8 Å². The molecule has 0 saturated heterocycles. The zero-order valence-corrected chi connectivity index (χ0v) is 10.8. The molecule has 1 heterocycles. The van der Waals surface area contributed by atoms with Crippen molar-refractivity contribution in [3.05, 3.63) is 46.9 Å². The lowest BCUT2D eigenvalue weighted by molar-refractivity contribution is -0.137. The number of rotatable bonds is 2. The maximum absolute atomic E-state index is 12.5. The third-order valence-corrected chi connectivity index (χ3v) is 3.06. The standard InChI is InChI=1S/C13H10ClF3N2/c1-2-10-11(18-7-19-12(10)14)8-3-5-9(6-4-8)13(15,16)17/h3-7H,2H2,1H3. The highest BCUT2D eigenvalue weighted by Crippen LogP contribution is 2.32. The predicted octanol–water partition coefficient (Wildman–Crippen LogP) is 4.38. The Hall–Kier alpha value is -1.62. The third-order valence-electron chi connectivity index (χ3n) is 2.73. The molecule has 0 atom stereocenters. The lowest BCUT2D eigenvalue weighted by Crippen LogP contribution is -2.04.